The molecule has 0 aliphatic carbocycles. The third kappa shape index (κ3) is 3.59. The fraction of sp³-hybridized carbons (Fsp3) is 0.154. The first-order valence-corrected chi connectivity index (χ1v) is 5.81. The van der Waals surface area contributed by atoms with E-state index in [0.717, 1.165) is 6.07 Å². The lowest BCUT2D eigenvalue weighted by molar-refractivity contribution is 0.330. The number of benzene rings is 1. The largest absolute Gasteiger partial charge is 0.492 e. The summed E-state index contributed by atoms with van der Waals surface area (Å²) in [5.41, 5.74) is -0.970. The van der Waals surface area contributed by atoms with Crippen molar-refractivity contribution in [2.75, 3.05) is 18.5 Å². The van der Waals surface area contributed by atoms with Crippen LogP contribution in [-0.4, -0.2) is 18.1 Å². The molecule has 2 aromatic rings. The first-order valence-electron chi connectivity index (χ1n) is 5.81. The van der Waals surface area contributed by atoms with E-state index in [0.29, 0.717) is 0 Å². The van der Waals surface area contributed by atoms with Gasteiger partial charge in [0.15, 0.2) is 0 Å². The van der Waals surface area contributed by atoms with Crippen molar-refractivity contribution in [2.24, 2.45) is 0 Å². The second-order valence-electron chi connectivity index (χ2n) is 3.93. The Morgan fingerprint density at radius 3 is 2.29 bits per heavy atom. The quantitative estimate of drug-likeness (QED) is 0.523. The van der Waals surface area contributed by atoms with E-state index < -0.39 is 35.0 Å². The third-order valence-corrected chi connectivity index (χ3v) is 2.47. The molecule has 0 bridgehead atoms. The van der Waals surface area contributed by atoms with Crippen LogP contribution in [-0.2, 0) is 0 Å². The van der Waals surface area contributed by atoms with Gasteiger partial charge in [0.05, 0.1) is 0 Å². The van der Waals surface area contributed by atoms with Gasteiger partial charge in [-0.05, 0) is 12.1 Å². The molecular weight excluding hydrogens is 295 g/mol. The summed E-state index contributed by atoms with van der Waals surface area (Å²) < 4.78 is 70.1. The Hall–Kier alpha value is -2.38. The van der Waals surface area contributed by atoms with Crippen LogP contribution in [0.15, 0.2) is 24.3 Å². The summed E-state index contributed by atoms with van der Waals surface area (Å²) in [4.78, 5) is 2.42. The Kier molecular flexibility index (Phi) is 4.56. The molecule has 1 heterocycles. The van der Waals surface area contributed by atoms with E-state index in [1.54, 1.807) is 0 Å². The highest BCUT2D eigenvalue weighted by atomic mass is 19.2. The van der Waals surface area contributed by atoms with Crippen molar-refractivity contribution in [2.45, 2.75) is 0 Å². The maximum absolute atomic E-state index is 13.2. The highest BCUT2D eigenvalue weighted by Crippen LogP contribution is 2.21. The van der Waals surface area contributed by atoms with Crippen LogP contribution in [0.1, 0.15) is 0 Å². The van der Waals surface area contributed by atoms with Crippen LogP contribution in [0, 0.1) is 29.3 Å². The molecule has 1 aromatic carbocycles. The molecule has 1 aromatic heterocycles. The minimum atomic E-state index is -1.75. The molecule has 3 nitrogen and oxygen atoms in total. The smallest absolute Gasteiger partial charge is 0.253 e. The average Bonchev–Trinajstić information content (AvgIpc) is 2.44. The van der Waals surface area contributed by atoms with E-state index in [9.17, 15) is 22.0 Å². The van der Waals surface area contributed by atoms with Gasteiger partial charge in [-0.25, -0.2) is 4.39 Å². The third-order valence-electron chi connectivity index (χ3n) is 2.47. The van der Waals surface area contributed by atoms with Crippen molar-refractivity contribution in [1.82, 2.24) is 4.98 Å². The molecule has 1 N–H and O–H groups in total. The first-order chi connectivity index (χ1) is 9.99. The van der Waals surface area contributed by atoms with E-state index in [1.807, 2.05) is 0 Å². The van der Waals surface area contributed by atoms with Gasteiger partial charge in [-0.15, -0.1) is 0 Å². The lowest BCUT2D eigenvalue weighted by Gasteiger charge is -2.10. The van der Waals surface area contributed by atoms with Gasteiger partial charge in [-0.3, -0.25) is 0 Å². The van der Waals surface area contributed by atoms with Crippen molar-refractivity contribution in [3.05, 3.63) is 53.6 Å². The van der Waals surface area contributed by atoms with Crippen LogP contribution in [0.4, 0.5) is 27.6 Å². The Morgan fingerprint density at radius 1 is 1.00 bits per heavy atom. The highest BCUT2D eigenvalue weighted by Gasteiger charge is 2.20. The van der Waals surface area contributed by atoms with Crippen molar-refractivity contribution >= 4 is 5.69 Å². The molecule has 2 rings (SSSR count). The number of nitrogens with zero attached hydrogens (tertiary/aromatic N) is 1. The molecule has 0 fully saturated rings. The molecule has 21 heavy (non-hydrogen) atoms. The topological polar surface area (TPSA) is 34.1 Å². The van der Waals surface area contributed by atoms with E-state index >= 15 is 0 Å². The van der Waals surface area contributed by atoms with Gasteiger partial charge < -0.3 is 10.1 Å². The van der Waals surface area contributed by atoms with Gasteiger partial charge >= 0.3 is 0 Å². The predicted octanol–water partition coefficient (Wildman–Crippen LogP) is 3.27. The normalized spacial score (nSPS) is 10.5. The minimum Gasteiger partial charge on any atom is -0.492 e. The SMILES string of the molecule is Fc1cccc(OCCNc2c(F)c(F)nc(F)c2F)c1. The van der Waals surface area contributed by atoms with E-state index in [-0.39, 0.29) is 18.9 Å². The van der Waals surface area contributed by atoms with Crippen molar-refractivity contribution in [1.29, 1.82) is 0 Å². The zero-order valence-corrected chi connectivity index (χ0v) is 10.5. The molecule has 0 saturated heterocycles. The summed E-state index contributed by atoms with van der Waals surface area (Å²) >= 11 is 0. The molecule has 112 valence electrons. The second kappa shape index (κ2) is 6.38. The maximum atomic E-state index is 13.2. The summed E-state index contributed by atoms with van der Waals surface area (Å²) in [6, 6.07) is 5.24. The van der Waals surface area contributed by atoms with Crippen LogP contribution in [0.2, 0.25) is 0 Å². The van der Waals surface area contributed by atoms with E-state index in [2.05, 4.69) is 10.3 Å². The number of aromatic nitrogens is 1. The number of rotatable bonds is 5. The van der Waals surface area contributed by atoms with Gasteiger partial charge in [0, 0.05) is 12.6 Å². The fourth-order valence-corrected chi connectivity index (χ4v) is 1.54. The molecule has 0 amide bonds. The van der Waals surface area contributed by atoms with Gasteiger partial charge in [0.2, 0.25) is 11.6 Å². The summed E-state index contributed by atoms with van der Waals surface area (Å²) in [5, 5.41) is 2.16. The van der Waals surface area contributed by atoms with Crippen molar-refractivity contribution < 1.29 is 26.7 Å². The Labute approximate surface area is 116 Å². The minimum absolute atomic E-state index is 0.103. The highest BCUT2D eigenvalue weighted by molar-refractivity contribution is 5.45. The summed E-state index contributed by atoms with van der Waals surface area (Å²) in [6.45, 7) is -0.263. The summed E-state index contributed by atoms with van der Waals surface area (Å²) in [5.74, 6) is -7.04. The van der Waals surface area contributed by atoms with Gasteiger partial charge in [0.1, 0.15) is 23.9 Å². The molecule has 0 unspecified atom stereocenters. The number of halogens is 5. The number of pyridine rings is 1. The van der Waals surface area contributed by atoms with Crippen LogP contribution in [0.25, 0.3) is 0 Å². The molecule has 0 aliphatic heterocycles. The molecular formula is C13H9F5N2O. The Bertz CT molecular complexity index is 624. The van der Waals surface area contributed by atoms with Gasteiger partial charge in [-0.2, -0.15) is 22.5 Å². The molecule has 8 heteroatoms. The number of ether oxygens (including phenoxy) is 1. The Balaban J connectivity index is 1.95. The monoisotopic (exact) mass is 304 g/mol. The van der Waals surface area contributed by atoms with E-state index in [1.165, 1.54) is 18.2 Å². The number of hydrogen-bond acceptors (Lipinski definition) is 3. The first kappa shape index (κ1) is 15.0. The fourth-order valence-electron chi connectivity index (χ4n) is 1.54. The van der Waals surface area contributed by atoms with Crippen molar-refractivity contribution in [3.63, 3.8) is 0 Å². The van der Waals surface area contributed by atoms with Crippen LogP contribution in [0.3, 0.4) is 0 Å². The summed E-state index contributed by atoms with van der Waals surface area (Å²) in [7, 11) is 0. The van der Waals surface area contributed by atoms with Crippen LogP contribution >= 0.6 is 0 Å². The molecule has 0 aliphatic rings. The zero-order valence-electron chi connectivity index (χ0n) is 10.5. The average molecular weight is 304 g/mol. The van der Waals surface area contributed by atoms with Crippen LogP contribution in [0.5, 0.6) is 5.75 Å². The van der Waals surface area contributed by atoms with Crippen molar-refractivity contribution in [3.8, 4) is 5.75 Å². The maximum Gasteiger partial charge on any atom is 0.253 e. The zero-order chi connectivity index (χ0) is 15.4. The van der Waals surface area contributed by atoms with Gasteiger partial charge in [0.25, 0.3) is 11.9 Å². The molecule has 0 atom stereocenters. The lowest BCUT2D eigenvalue weighted by Crippen LogP contribution is -2.15. The lowest BCUT2D eigenvalue weighted by atomic mass is 10.3. The standard InChI is InChI=1S/C13H9F5N2O/c14-7-2-1-3-8(6-7)21-5-4-19-11-9(15)12(17)20-13(18)10(11)16/h1-3,6H,4-5H2,(H,19,20). The molecule has 0 radical (unpaired) electrons. The van der Waals surface area contributed by atoms with E-state index in [4.69, 9.17) is 4.74 Å². The second-order valence-corrected chi connectivity index (χ2v) is 3.93. The predicted molar refractivity (Wildman–Crippen MR) is 64.5 cm³/mol. The molecule has 0 saturated carbocycles. The summed E-state index contributed by atoms with van der Waals surface area (Å²) in [6.07, 6.45) is 0. The van der Waals surface area contributed by atoms with Crippen LogP contribution < -0.4 is 10.1 Å². The number of anilines is 1. The van der Waals surface area contributed by atoms with Gasteiger partial charge in [-0.1, -0.05) is 6.07 Å². The number of nitrogens with one attached hydrogen (secondary N) is 1. The number of hydrogen-bond donors (Lipinski definition) is 1. The Morgan fingerprint density at radius 2 is 1.67 bits per heavy atom. The molecule has 0 spiro atoms.